The smallest absolute Gasteiger partial charge is 0.356 e. The number of hydrogen-bond acceptors (Lipinski definition) is 3. The first kappa shape index (κ1) is 12.2. The quantitative estimate of drug-likeness (QED) is 0.783. The highest BCUT2D eigenvalue weighted by molar-refractivity contribution is 5.85. The minimum absolute atomic E-state index is 0.0421. The van der Waals surface area contributed by atoms with Crippen LogP contribution in [0.25, 0.3) is 5.69 Å². The molecule has 100 valence electrons. The molecule has 0 aliphatic rings. The van der Waals surface area contributed by atoms with Crippen LogP contribution in [0.4, 0.5) is 0 Å². The molecule has 0 bridgehead atoms. The number of aromatic carboxylic acids is 1. The highest BCUT2D eigenvalue weighted by Crippen LogP contribution is 2.09. The van der Waals surface area contributed by atoms with Gasteiger partial charge in [0.05, 0.1) is 18.4 Å². The lowest BCUT2D eigenvalue weighted by atomic mass is 10.3. The Hall–Kier alpha value is -2.89. The van der Waals surface area contributed by atoms with Gasteiger partial charge in [-0.15, -0.1) is 0 Å². The van der Waals surface area contributed by atoms with E-state index in [1.807, 2.05) is 36.5 Å². The van der Waals surface area contributed by atoms with Gasteiger partial charge in [0, 0.05) is 18.0 Å². The number of carbonyl (C=O) groups is 1. The number of rotatable bonds is 4. The number of aromatic nitrogens is 4. The molecule has 0 spiro atoms. The zero-order chi connectivity index (χ0) is 13.9. The summed E-state index contributed by atoms with van der Waals surface area (Å²) in [6, 6.07) is 11.3. The Morgan fingerprint density at radius 2 is 2.00 bits per heavy atom. The molecule has 1 aromatic carbocycles. The lowest BCUT2D eigenvalue weighted by Crippen LogP contribution is -2.03. The van der Waals surface area contributed by atoms with Crippen molar-refractivity contribution in [3.8, 4) is 5.69 Å². The van der Waals surface area contributed by atoms with Crippen molar-refractivity contribution in [1.29, 1.82) is 0 Å². The van der Waals surface area contributed by atoms with Gasteiger partial charge in [0.1, 0.15) is 0 Å². The summed E-state index contributed by atoms with van der Waals surface area (Å²) < 4.78 is 3.35. The molecule has 0 unspecified atom stereocenters. The van der Waals surface area contributed by atoms with Crippen LogP contribution < -0.4 is 0 Å². The van der Waals surface area contributed by atoms with E-state index in [2.05, 4.69) is 10.2 Å². The van der Waals surface area contributed by atoms with Crippen molar-refractivity contribution in [2.24, 2.45) is 0 Å². The topological polar surface area (TPSA) is 72.9 Å². The fourth-order valence-corrected chi connectivity index (χ4v) is 1.91. The van der Waals surface area contributed by atoms with Crippen molar-refractivity contribution >= 4 is 5.97 Å². The van der Waals surface area contributed by atoms with E-state index >= 15 is 0 Å². The van der Waals surface area contributed by atoms with Gasteiger partial charge in [-0.3, -0.25) is 4.68 Å². The number of benzene rings is 1. The zero-order valence-electron chi connectivity index (χ0n) is 10.5. The second kappa shape index (κ2) is 5.00. The molecule has 3 rings (SSSR count). The summed E-state index contributed by atoms with van der Waals surface area (Å²) in [6.07, 6.45) is 5.29. The summed E-state index contributed by atoms with van der Waals surface area (Å²) in [7, 11) is 0. The molecule has 20 heavy (non-hydrogen) atoms. The molecular weight excluding hydrogens is 256 g/mol. The maximum Gasteiger partial charge on any atom is 0.356 e. The molecule has 0 saturated carbocycles. The van der Waals surface area contributed by atoms with E-state index in [0.29, 0.717) is 6.54 Å². The van der Waals surface area contributed by atoms with Crippen LogP contribution in [-0.2, 0) is 6.54 Å². The number of carboxylic acid groups (broad SMARTS) is 1. The van der Waals surface area contributed by atoms with Gasteiger partial charge >= 0.3 is 5.97 Å². The van der Waals surface area contributed by atoms with Crippen LogP contribution in [0.3, 0.4) is 0 Å². The number of carboxylic acids is 1. The van der Waals surface area contributed by atoms with E-state index in [4.69, 9.17) is 5.11 Å². The van der Waals surface area contributed by atoms with Crippen LogP contribution in [0.5, 0.6) is 0 Å². The third kappa shape index (κ3) is 2.44. The van der Waals surface area contributed by atoms with Crippen molar-refractivity contribution in [3.05, 3.63) is 66.2 Å². The Morgan fingerprint density at radius 1 is 1.20 bits per heavy atom. The van der Waals surface area contributed by atoms with Crippen LogP contribution in [0, 0.1) is 0 Å². The normalized spacial score (nSPS) is 10.6. The van der Waals surface area contributed by atoms with Gasteiger partial charge in [0.15, 0.2) is 5.69 Å². The summed E-state index contributed by atoms with van der Waals surface area (Å²) in [4.78, 5) is 10.8. The molecule has 2 aromatic heterocycles. The SMILES string of the molecule is O=C(O)c1ccn(Cc2cnn(-c3ccccc3)c2)n1. The third-order valence-electron chi connectivity index (χ3n) is 2.86. The summed E-state index contributed by atoms with van der Waals surface area (Å²) in [5.74, 6) is -1.02. The molecule has 3 aromatic rings. The van der Waals surface area contributed by atoms with Crippen LogP contribution in [0.1, 0.15) is 16.1 Å². The average molecular weight is 268 g/mol. The molecule has 6 nitrogen and oxygen atoms in total. The minimum atomic E-state index is -1.02. The molecule has 1 N–H and O–H groups in total. The van der Waals surface area contributed by atoms with Crippen LogP contribution >= 0.6 is 0 Å². The van der Waals surface area contributed by atoms with E-state index < -0.39 is 5.97 Å². The van der Waals surface area contributed by atoms with Crippen molar-refractivity contribution in [1.82, 2.24) is 19.6 Å². The minimum Gasteiger partial charge on any atom is -0.476 e. The van der Waals surface area contributed by atoms with E-state index in [-0.39, 0.29) is 5.69 Å². The van der Waals surface area contributed by atoms with E-state index in [0.717, 1.165) is 11.3 Å². The molecule has 0 amide bonds. The Balaban J connectivity index is 1.78. The van der Waals surface area contributed by atoms with Crippen molar-refractivity contribution in [2.45, 2.75) is 6.54 Å². The van der Waals surface area contributed by atoms with Gasteiger partial charge in [-0.1, -0.05) is 18.2 Å². The summed E-state index contributed by atoms with van der Waals surface area (Å²) in [5.41, 5.74) is 1.97. The van der Waals surface area contributed by atoms with Crippen molar-refractivity contribution in [2.75, 3.05) is 0 Å². The molecule has 0 saturated heterocycles. The number of hydrogen-bond donors (Lipinski definition) is 1. The Bertz CT molecular complexity index is 730. The standard InChI is InChI=1S/C14H12N4O2/c19-14(20)13-6-7-17(16-13)9-11-8-15-18(10-11)12-4-2-1-3-5-12/h1-8,10H,9H2,(H,19,20). The zero-order valence-corrected chi connectivity index (χ0v) is 10.5. The average Bonchev–Trinajstić information content (AvgIpc) is 3.10. The van der Waals surface area contributed by atoms with Gasteiger partial charge in [-0.25, -0.2) is 9.48 Å². The van der Waals surface area contributed by atoms with E-state index in [9.17, 15) is 4.79 Å². The van der Waals surface area contributed by atoms with Crippen LogP contribution in [-0.4, -0.2) is 30.6 Å². The molecule has 2 heterocycles. The Kier molecular flexibility index (Phi) is 3.04. The van der Waals surface area contributed by atoms with Crippen LogP contribution in [0.2, 0.25) is 0 Å². The number of para-hydroxylation sites is 1. The van der Waals surface area contributed by atoms with Crippen molar-refractivity contribution < 1.29 is 9.90 Å². The van der Waals surface area contributed by atoms with E-state index in [1.54, 1.807) is 21.8 Å². The summed E-state index contributed by atoms with van der Waals surface area (Å²) in [6.45, 7) is 0.486. The molecule has 0 fully saturated rings. The first-order valence-corrected chi connectivity index (χ1v) is 6.08. The Morgan fingerprint density at radius 3 is 2.70 bits per heavy atom. The monoisotopic (exact) mass is 268 g/mol. The second-order valence-corrected chi connectivity index (χ2v) is 4.33. The molecule has 0 aliphatic carbocycles. The third-order valence-corrected chi connectivity index (χ3v) is 2.86. The van der Waals surface area contributed by atoms with Gasteiger partial charge in [0.2, 0.25) is 0 Å². The summed E-state index contributed by atoms with van der Waals surface area (Å²) >= 11 is 0. The first-order chi connectivity index (χ1) is 9.72. The maximum atomic E-state index is 10.8. The largest absolute Gasteiger partial charge is 0.476 e. The maximum absolute atomic E-state index is 10.8. The molecule has 6 heteroatoms. The fraction of sp³-hybridized carbons (Fsp3) is 0.0714. The molecular formula is C14H12N4O2. The first-order valence-electron chi connectivity index (χ1n) is 6.08. The molecule has 0 aliphatic heterocycles. The Labute approximate surface area is 114 Å². The fourth-order valence-electron chi connectivity index (χ4n) is 1.91. The molecule has 0 atom stereocenters. The van der Waals surface area contributed by atoms with Crippen LogP contribution in [0.15, 0.2) is 55.0 Å². The van der Waals surface area contributed by atoms with Gasteiger partial charge in [0.25, 0.3) is 0 Å². The van der Waals surface area contributed by atoms with Gasteiger partial charge < -0.3 is 5.11 Å². The molecule has 0 radical (unpaired) electrons. The van der Waals surface area contributed by atoms with Gasteiger partial charge in [-0.2, -0.15) is 10.2 Å². The predicted molar refractivity (Wildman–Crippen MR) is 71.9 cm³/mol. The lowest BCUT2D eigenvalue weighted by molar-refractivity contribution is 0.0689. The number of nitrogens with zero attached hydrogens (tertiary/aromatic N) is 4. The highest BCUT2D eigenvalue weighted by Gasteiger charge is 2.07. The second-order valence-electron chi connectivity index (χ2n) is 4.33. The highest BCUT2D eigenvalue weighted by atomic mass is 16.4. The van der Waals surface area contributed by atoms with E-state index in [1.165, 1.54) is 6.07 Å². The lowest BCUT2D eigenvalue weighted by Gasteiger charge is -1.99. The summed E-state index contributed by atoms with van der Waals surface area (Å²) in [5, 5.41) is 17.1. The predicted octanol–water partition coefficient (Wildman–Crippen LogP) is 1.82. The van der Waals surface area contributed by atoms with Gasteiger partial charge in [-0.05, 0) is 18.2 Å². The van der Waals surface area contributed by atoms with Crippen molar-refractivity contribution in [3.63, 3.8) is 0 Å².